The van der Waals surface area contributed by atoms with Crippen LogP contribution in [0, 0.1) is 0 Å². The van der Waals surface area contributed by atoms with Crippen molar-refractivity contribution in [1.29, 1.82) is 0 Å². The second kappa shape index (κ2) is 6.93. The van der Waals surface area contributed by atoms with Crippen LogP contribution in [0.3, 0.4) is 0 Å². The molecule has 27 heavy (non-hydrogen) atoms. The van der Waals surface area contributed by atoms with Gasteiger partial charge in [-0.25, -0.2) is 13.1 Å². The number of carbonyl (C=O) groups is 1. The van der Waals surface area contributed by atoms with Gasteiger partial charge in [-0.2, -0.15) is 9.97 Å². The van der Waals surface area contributed by atoms with Gasteiger partial charge in [-0.1, -0.05) is 6.08 Å². The minimum Gasteiger partial charge on any atom is -0.354 e. The van der Waals surface area contributed by atoms with Crippen LogP contribution < -0.4 is 14.5 Å². The van der Waals surface area contributed by atoms with Gasteiger partial charge >= 0.3 is 0 Å². The first-order valence-corrected chi connectivity index (χ1v) is 10.6. The summed E-state index contributed by atoms with van der Waals surface area (Å²) in [6.07, 6.45) is 6.54. The highest BCUT2D eigenvalue weighted by Gasteiger charge is 2.33. The maximum atomic E-state index is 12.0. The van der Waals surface area contributed by atoms with Gasteiger partial charge in [0.2, 0.25) is 22.4 Å². The van der Waals surface area contributed by atoms with E-state index in [1.165, 1.54) is 6.08 Å². The van der Waals surface area contributed by atoms with Gasteiger partial charge in [0.15, 0.2) is 0 Å². The summed E-state index contributed by atoms with van der Waals surface area (Å²) in [5, 5.41) is 0.856. The lowest BCUT2D eigenvalue weighted by Crippen LogP contribution is -2.38. The van der Waals surface area contributed by atoms with Crippen molar-refractivity contribution >= 4 is 39.2 Å². The molecule has 1 amide bonds. The zero-order valence-electron chi connectivity index (χ0n) is 14.8. The SMILES string of the molecule is C=CCS(=O)(=O)N[C@H]1CCN(c2nc(N(C=O)C3CC3)nc3[nH]ccc23)C1. The molecule has 2 aromatic heterocycles. The van der Waals surface area contributed by atoms with Gasteiger partial charge in [-0.15, -0.1) is 6.58 Å². The minimum atomic E-state index is -3.37. The van der Waals surface area contributed by atoms with Crippen molar-refractivity contribution in [2.45, 2.75) is 31.3 Å². The lowest BCUT2D eigenvalue weighted by atomic mass is 10.3. The Balaban J connectivity index is 1.60. The number of anilines is 2. The molecule has 9 nitrogen and oxygen atoms in total. The number of sulfonamides is 1. The molecule has 1 atom stereocenters. The van der Waals surface area contributed by atoms with E-state index in [0.717, 1.165) is 24.6 Å². The zero-order valence-corrected chi connectivity index (χ0v) is 15.7. The summed E-state index contributed by atoms with van der Waals surface area (Å²) in [4.78, 5) is 27.3. The van der Waals surface area contributed by atoms with E-state index in [1.807, 2.05) is 11.0 Å². The van der Waals surface area contributed by atoms with Crippen LogP contribution in [0.1, 0.15) is 19.3 Å². The molecule has 1 aliphatic carbocycles. The first kappa shape index (κ1) is 17.9. The third-order valence-corrected chi connectivity index (χ3v) is 6.21. The highest BCUT2D eigenvalue weighted by atomic mass is 32.2. The molecule has 0 radical (unpaired) electrons. The zero-order chi connectivity index (χ0) is 19.0. The number of carbonyl (C=O) groups excluding carboxylic acids is 1. The van der Waals surface area contributed by atoms with E-state index in [1.54, 1.807) is 11.1 Å². The number of aromatic amines is 1. The first-order chi connectivity index (χ1) is 13.0. The molecule has 0 aromatic carbocycles. The Bertz CT molecular complexity index is 968. The molecule has 10 heteroatoms. The van der Waals surface area contributed by atoms with Gasteiger partial charge in [0.25, 0.3) is 0 Å². The lowest BCUT2D eigenvalue weighted by molar-refractivity contribution is -0.107. The van der Waals surface area contributed by atoms with Crippen LogP contribution in [-0.2, 0) is 14.8 Å². The van der Waals surface area contributed by atoms with Gasteiger partial charge in [0.1, 0.15) is 11.5 Å². The average molecular weight is 390 g/mol. The van der Waals surface area contributed by atoms with E-state index in [0.29, 0.717) is 36.9 Å². The topological polar surface area (TPSA) is 111 Å². The summed E-state index contributed by atoms with van der Waals surface area (Å²) in [6.45, 7) is 4.66. The minimum absolute atomic E-state index is 0.0983. The summed E-state index contributed by atoms with van der Waals surface area (Å²) in [5.74, 6) is 1.00. The van der Waals surface area contributed by atoms with Crippen molar-refractivity contribution < 1.29 is 13.2 Å². The number of nitrogens with zero attached hydrogens (tertiary/aromatic N) is 4. The Labute approximate surface area is 157 Å². The fourth-order valence-electron chi connectivity index (χ4n) is 3.43. The van der Waals surface area contributed by atoms with E-state index in [2.05, 4.69) is 26.3 Å². The third-order valence-electron chi connectivity index (χ3n) is 4.84. The Morgan fingerprint density at radius 3 is 2.89 bits per heavy atom. The molecule has 4 rings (SSSR count). The van der Waals surface area contributed by atoms with E-state index < -0.39 is 10.0 Å². The molecule has 0 bridgehead atoms. The molecule has 2 aliphatic rings. The highest BCUT2D eigenvalue weighted by Crippen LogP contribution is 2.33. The van der Waals surface area contributed by atoms with Crippen molar-refractivity contribution in [3.05, 3.63) is 24.9 Å². The van der Waals surface area contributed by atoms with Crippen LogP contribution in [0.15, 0.2) is 24.9 Å². The second-order valence-electron chi connectivity index (χ2n) is 6.95. The third kappa shape index (κ3) is 3.67. The molecular weight excluding hydrogens is 368 g/mol. The van der Waals surface area contributed by atoms with E-state index in [9.17, 15) is 13.2 Å². The number of fused-ring (bicyclic) bond motifs is 1. The summed E-state index contributed by atoms with van der Waals surface area (Å²) < 4.78 is 26.7. The second-order valence-corrected chi connectivity index (χ2v) is 8.75. The maximum Gasteiger partial charge on any atom is 0.236 e. The number of nitrogens with one attached hydrogen (secondary N) is 2. The number of hydrogen-bond acceptors (Lipinski definition) is 6. The van der Waals surface area contributed by atoms with Gasteiger partial charge in [-0.3, -0.25) is 9.69 Å². The molecular formula is C17H22N6O3S. The van der Waals surface area contributed by atoms with Gasteiger partial charge in [0.05, 0.1) is 11.1 Å². The monoisotopic (exact) mass is 390 g/mol. The number of hydrogen-bond donors (Lipinski definition) is 2. The van der Waals surface area contributed by atoms with Crippen molar-refractivity contribution in [3.8, 4) is 0 Å². The molecule has 2 fully saturated rings. The maximum absolute atomic E-state index is 12.0. The molecule has 0 unspecified atom stereocenters. The van der Waals surface area contributed by atoms with Crippen LogP contribution in [0.2, 0.25) is 0 Å². The molecule has 1 aliphatic heterocycles. The van der Waals surface area contributed by atoms with Crippen LogP contribution in [0.25, 0.3) is 11.0 Å². The largest absolute Gasteiger partial charge is 0.354 e. The van der Waals surface area contributed by atoms with Crippen LogP contribution in [-0.4, -0.2) is 60.7 Å². The smallest absolute Gasteiger partial charge is 0.236 e. The Hall–Kier alpha value is -2.46. The predicted molar refractivity (Wildman–Crippen MR) is 103 cm³/mol. The summed E-state index contributed by atoms with van der Waals surface area (Å²) in [5.41, 5.74) is 0.665. The fraction of sp³-hybridized carbons (Fsp3) is 0.471. The normalized spacial score (nSPS) is 20.1. The Morgan fingerprint density at radius 2 is 2.19 bits per heavy atom. The van der Waals surface area contributed by atoms with E-state index >= 15 is 0 Å². The quantitative estimate of drug-likeness (QED) is 0.509. The van der Waals surface area contributed by atoms with Crippen LogP contribution >= 0.6 is 0 Å². The molecule has 0 spiro atoms. The Morgan fingerprint density at radius 1 is 1.37 bits per heavy atom. The number of aromatic nitrogens is 3. The van der Waals surface area contributed by atoms with Crippen LogP contribution in [0.4, 0.5) is 11.8 Å². The van der Waals surface area contributed by atoms with Crippen molar-refractivity contribution in [3.63, 3.8) is 0 Å². The Kier molecular flexibility index (Phi) is 4.60. The van der Waals surface area contributed by atoms with E-state index in [-0.39, 0.29) is 17.8 Å². The summed E-state index contributed by atoms with van der Waals surface area (Å²) >= 11 is 0. The fourth-order valence-corrected chi connectivity index (χ4v) is 4.53. The molecule has 1 saturated heterocycles. The van der Waals surface area contributed by atoms with Crippen molar-refractivity contribution in [2.24, 2.45) is 0 Å². The summed E-state index contributed by atoms with van der Waals surface area (Å²) in [6, 6.07) is 1.87. The van der Waals surface area contributed by atoms with Gasteiger partial charge < -0.3 is 9.88 Å². The van der Waals surface area contributed by atoms with Crippen LogP contribution in [0.5, 0.6) is 0 Å². The van der Waals surface area contributed by atoms with Crippen molar-refractivity contribution in [2.75, 3.05) is 28.6 Å². The number of H-pyrrole nitrogens is 1. The molecule has 144 valence electrons. The standard InChI is InChI=1S/C17H22N6O3S/c1-2-9-27(25,26)21-12-6-8-22(10-12)16-14-5-7-18-15(14)19-17(20-16)23(11-24)13-3-4-13/h2,5,7,11-13,21H,1,3-4,6,8-10H2,(H,18,19,20)/t12-/m0/s1. The van der Waals surface area contributed by atoms with Crippen molar-refractivity contribution in [1.82, 2.24) is 19.7 Å². The highest BCUT2D eigenvalue weighted by molar-refractivity contribution is 7.89. The molecule has 2 aromatic rings. The summed E-state index contributed by atoms with van der Waals surface area (Å²) in [7, 11) is -3.37. The lowest BCUT2D eigenvalue weighted by Gasteiger charge is -2.21. The predicted octanol–water partition coefficient (Wildman–Crippen LogP) is 0.767. The number of amides is 1. The molecule has 3 heterocycles. The van der Waals surface area contributed by atoms with Gasteiger partial charge in [-0.05, 0) is 25.3 Å². The average Bonchev–Trinajstić information content (AvgIpc) is 3.15. The molecule has 2 N–H and O–H groups in total. The van der Waals surface area contributed by atoms with E-state index in [4.69, 9.17) is 0 Å². The first-order valence-electron chi connectivity index (χ1n) is 8.95. The van der Waals surface area contributed by atoms with Gasteiger partial charge in [0, 0.05) is 31.4 Å². The number of rotatable bonds is 8. The molecule has 1 saturated carbocycles.